The molecule has 3 aromatic carbocycles. The van der Waals surface area contributed by atoms with E-state index in [1.807, 2.05) is 24.3 Å². The van der Waals surface area contributed by atoms with E-state index in [0.29, 0.717) is 45.1 Å². The van der Waals surface area contributed by atoms with Crippen LogP contribution in [0.25, 0.3) is 10.9 Å². The van der Waals surface area contributed by atoms with Gasteiger partial charge in [-0.05, 0) is 96.3 Å². The van der Waals surface area contributed by atoms with Crippen molar-refractivity contribution in [3.8, 4) is 0 Å². The zero-order valence-electron chi connectivity index (χ0n) is 44.0. The predicted molar refractivity (Wildman–Crippen MR) is 308 cm³/mol. The molecule has 1 aliphatic heterocycles. The van der Waals surface area contributed by atoms with Gasteiger partial charge in [0.1, 0.15) is 42.3 Å². The van der Waals surface area contributed by atoms with Crippen LogP contribution < -0.4 is 54.4 Å². The van der Waals surface area contributed by atoms with Gasteiger partial charge in [-0.1, -0.05) is 114 Å². The van der Waals surface area contributed by atoms with Crippen LogP contribution in [-0.2, 0) is 64.0 Å². The average molecular weight is 1160 g/mol. The lowest BCUT2D eigenvalue weighted by molar-refractivity contribution is -0.136. The molecule has 6 rings (SSSR count). The van der Waals surface area contributed by atoms with Gasteiger partial charge in [-0.3, -0.25) is 43.3 Å². The lowest BCUT2D eigenvalue weighted by Gasteiger charge is -2.33. The van der Waals surface area contributed by atoms with E-state index >= 15 is 0 Å². The molecule has 20 nitrogen and oxygen atoms in total. The molecular weight excluding hydrogens is 1090 g/mol. The fourth-order valence-electron chi connectivity index (χ4n) is 8.64. The number of H-pyrrole nitrogens is 1. The summed E-state index contributed by atoms with van der Waals surface area (Å²) in [6.45, 7) is 5.42. The monoisotopic (exact) mass is 1160 g/mol. The van der Waals surface area contributed by atoms with E-state index in [9.17, 15) is 38.4 Å². The number of aromatic amines is 1. The molecular formula is C55H68Cl2N12O8S2. The first kappa shape index (κ1) is 61.5. The van der Waals surface area contributed by atoms with E-state index < -0.39 is 101 Å². The first-order valence-corrected chi connectivity index (χ1v) is 29.0. The van der Waals surface area contributed by atoms with Gasteiger partial charge in [0.05, 0.1) is 6.04 Å². The Morgan fingerprint density at radius 1 is 0.709 bits per heavy atom. The molecule has 0 bridgehead atoms. The Kier molecular flexibility index (Phi) is 23.0. The molecule has 24 heteroatoms. The summed E-state index contributed by atoms with van der Waals surface area (Å²) in [5.74, 6) is -6.52. The molecule has 5 aromatic rings. The van der Waals surface area contributed by atoms with Crippen molar-refractivity contribution < 1.29 is 38.4 Å². The molecule has 0 radical (unpaired) electrons. The van der Waals surface area contributed by atoms with Crippen LogP contribution in [0.1, 0.15) is 62.3 Å². The number of nitrogens with one attached hydrogen (secondary N) is 8. The number of primary amides is 1. The van der Waals surface area contributed by atoms with E-state index in [4.69, 9.17) is 40.4 Å². The molecule has 1 aliphatic rings. The number of unbranched alkanes of at least 4 members (excludes halogenated alkanes) is 1. The molecule has 2 aromatic heterocycles. The number of nitrogens with zero attached hydrogens (tertiary/aromatic N) is 1. The van der Waals surface area contributed by atoms with Crippen LogP contribution in [0.15, 0.2) is 104 Å². The van der Waals surface area contributed by atoms with Gasteiger partial charge >= 0.3 is 0 Å². The van der Waals surface area contributed by atoms with Crippen molar-refractivity contribution in [2.45, 2.75) is 114 Å². The summed E-state index contributed by atoms with van der Waals surface area (Å²) >= 11 is 12.2. The highest BCUT2D eigenvalue weighted by atomic mass is 35.5. The second-order valence-electron chi connectivity index (χ2n) is 20.3. The fourth-order valence-corrected chi connectivity index (χ4v) is 11.2. The third-order valence-electron chi connectivity index (χ3n) is 13.1. The van der Waals surface area contributed by atoms with Crippen molar-refractivity contribution in [1.29, 1.82) is 0 Å². The maximum Gasteiger partial charge on any atom is 0.244 e. The van der Waals surface area contributed by atoms with Crippen LogP contribution >= 0.6 is 44.8 Å². The van der Waals surface area contributed by atoms with Gasteiger partial charge in [0, 0.05) is 70.3 Å². The summed E-state index contributed by atoms with van der Waals surface area (Å²) in [5.41, 5.74) is 20.4. The Labute approximate surface area is 476 Å². The quantitative estimate of drug-likeness (QED) is 0.0472. The Morgan fingerprint density at radius 2 is 1.32 bits per heavy atom. The number of benzene rings is 3. The number of amides is 8. The first-order chi connectivity index (χ1) is 37.7. The molecule has 8 atom stereocenters. The van der Waals surface area contributed by atoms with Crippen LogP contribution in [0, 0.1) is 5.41 Å². The predicted octanol–water partition coefficient (Wildman–Crippen LogP) is 2.92. The minimum absolute atomic E-state index is 0.0160. The van der Waals surface area contributed by atoms with Crippen LogP contribution in [0.3, 0.4) is 0 Å². The number of rotatable bonds is 17. The SMILES string of the molecule is CC(C)(C)[C@@H]1NC(=O)[C@H](CCCCN)NC(=O)[C@@H](Cc2c[nH]c3ccccc23)NC(=O)[C@H](Cc2cccnc2)NC(=O)[C@H](NC(=O)[C@H](N)Cc2ccc(Cl)cc2)CSSC[C@@H](C(=O)N[C@H](Cc2ccc(Cl)cc2)C(N)=O)NC1=O. The zero-order valence-corrected chi connectivity index (χ0v) is 47.2. The summed E-state index contributed by atoms with van der Waals surface area (Å²) in [7, 11) is 2.11. The van der Waals surface area contributed by atoms with Gasteiger partial charge < -0.3 is 59.4 Å². The number of pyridine rings is 1. The molecule has 79 heavy (non-hydrogen) atoms. The van der Waals surface area contributed by atoms with Crippen molar-refractivity contribution >= 4 is 103 Å². The molecule has 14 N–H and O–H groups in total. The van der Waals surface area contributed by atoms with Gasteiger partial charge in [-0.15, -0.1) is 0 Å². The second-order valence-corrected chi connectivity index (χ2v) is 23.8. The summed E-state index contributed by atoms with van der Waals surface area (Å²) in [6, 6.07) is 13.7. The Hall–Kier alpha value is -6.69. The number of carbonyl (C=O) groups excluding carboxylic acids is 8. The molecule has 0 saturated carbocycles. The molecule has 3 heterocycles. The van der Waals surface area contributed by atoms with E-state index in [2.05, 4.69) is 47.2 Å². The summed E-state index contributed by atoms with van der Waals surface area (Å²) in [5, 5.41) is 21.3. The summed E-state index contributed by atoms with van der Waals surface area (Å²) in [6.07, 6.45) is 5.63. The number of halogens is 2. The Morgan fingerprint density at radius 3 is 1.95 bits per heavy atom. The molecule has 1 saturated heterocycles. The molecule has 0 spiro atoms. The van der Waals surface area contributed by atoms with E-state index in [1.54, 1.807) is 93.8 Å². The molecule has 0 aliphatic carbocycles. The van der Waals surface area contributed by atoms with Gasteiger partial charge in [-0.2, -0.15) is 0 Å². The standard InChI is InChI=1S/C55H68Cl2N12O8S2/c1-55(2,3)46-54(77)68-45(52(75)64-41(47(60)70)24-32-15-19-36(57)20-16-32)30-79-78-29-44(67-48(71)38(59)23-31-13-17-35(56)18-14-31)53(76)65-42(25-33-9-8-22-61-27-33)50(73)66-43(26-34-28-62-39-11-5-4-10-37(34)39)51(74)63-40(49(72)69-46)12-6-7-21-58/h4-5,8-11,13-20,22,27-28,38,40-46,62H,6-7,12,21,23-26,29-30,58-59H2,1-3H3,(H2,60,70)(H,63,74)(H,64,75)(H,65,76)(H,66,73)(H,67,71)(H,68,77)(H,69,72)/t38-,40+,41-,42+,43-,44-,45+,46-/m1/s1. The molecule has 422 valence electrons. The minimum Gasteiger partial charge on any atom is -0.368 e. The number of aromatic nitrogens is 2. The molecule has 8 amide bonds. The highest BCUT2D eigenvalue weighted by molar-refractivity contribution is 8.76. The van der Waals surface area contributed by atoms with Crippen LogP contribution in [-0.4, -0.2) is 124 Å². The lowest BCUT2D eigenvalue weighted by atomic mass is 9.85. The van der Waals surface area contributed by atoms with Crippen LogP contribution in [0.4, 0.5) is 0 Å². The van der Waals surface area contributed by atoms with Crippen molar-refractivity contribution in [1.82, 2.24) is 47.2 Å². The fraction of sp³-hybridized carbons (Fsp3) is 0.400. The smallest absolute Gasteiger partial charge is 0.244 e. The second kappa shape index (κ2) is 29.5. The van der Waals surface area contributed by atoms with Crippen molar-refractivity contribution in [2.24, 2.45) is 22.6 Å². The van der Waals surface area contributed by atoms with Crippen LogP contribution in [0.5, 0.6) is 0 Å². The van der Waals surface area contributed by atoms with E-state index in [0.717, 1.165) is 32.5 Å². The number of fused-ring (bicyclic) bond motifs is 1. The van der Waals surface area contributed by atoms with Gasteiger partial charge in [0.25, 0.3) is 0 Å². The number of para-hydroxylation sites is 1. The maximum absolute atomic E-state index is 14.9. The van der Waals surface area contributed by atoms with E-state index in [-0.39, 0.29) is 50.2 Å². The minimum atomic E-state index is -1.39. The zero-order chi connectivity index (χ0) is 57.2. The van der Waals surface area contributed by atoms with Crippen LogP contribution in [0.2, 0.25) is 10.0 Å². The third-order valence-corrected chi connectivity index (χ3v) is 16.0. The van der Waals surface area contributed by atoms with E-state index in [1.165, 1.54) is 6.20 Å². The molecule has 1 fully saturated rings. The lowest BCUT2D eigenvalue weighted by Crippen LogP contribution is -2.63. The van der Waals surface area contributed by atoms with Gasteiger partial charge in [0.2, 0.25) is 47.3 Å². The number of carbonyl (C=O) groups is 8. The maximum atomic E-state index is 14.9. The number of nitrogens with two attached hydrogens (primary N) is 3. The topological polar surface area (TPSA) is 328 Å². The summed E-state index contributed by atoms with van der Waals surface area (Å²) in [4.78, 5) is 122. The third kappa shape index (κ3) is 18.7. The van der Waals surface area contributed by atoms with Crippen molar-refractivity contribution in [3.63, 3.8) is 0 Å². The first-order valence-electron chi connectivity index (χ1n) is 25.7. The normalized spacial score (nSPS) is 21.0. The molecule has 0 unspecified atom stereocenters. The van der Waals surface area contributed by atoms with Gasteiger partial charge in [0.15, 0.2) is 0 Å². The average Bonchev–Trinajstić information content (AvgIpc) is 3.86. The highest BCUT2D eigenvalue weighted by Gasteiger charge is 2.39. The Bertz CT molecular complexity index is 2910. The number of hydrogen-bond acceptors (Lipinski definition) is 13. The van der Waals surface area contributed by atoms with Crippen molar-refractivity contribution in [3.05, 3.63) is 136 Å². The Balaban J connectivity index is 1.40. The largest absolute Gasteiger partial charge is 0.368 e. The number of hydrogen-bond donors (Lipinski definition) is 11. The highest BCUT2D eigenvalue weighted by Crippen LogP contribution is 2.26. The van der Waals surface area contributed by atoms with Gasteiger partial charge in [-0.25, -0.2) is 0 Å². The van der Waals surface area contributed by atoms with Crippen molar-refractivity contribution in [2.75, 3.05) is 18.1 Å². The summed E-state index contributed by atoms with van der Waals surface area (Å²) < 4.78 is 0.